The second-order valence-corrected chi connectivity index (χ2v) is 8.09. The van der Waals surface area contributed by atoms with Crippen LogP contribution < -0.4 is 10.4 Å². The highest BCUT2D eigenvalue weighted by molar-refractivity contribution is 5.99. The van der Waals surface area contributed by atoms with Gasteiger partial charge in [-0.3, -0.25) is 14.9 Å². The predicted octanol–water partition coefficient (Wildman–Crippen LogP) is 2.74. The van der Waals surface area contributed by atoms with Crippen LogP contribution in [-0.4, -0.2) is 33.7 Å². The third-order valence-electron chi connectivity index (χ3n) is 6.15. The van der Waals surface area contributed by atoms with Crippen molar-refractivity contribution in [1.82, 2.24) is 5.32 Å². The Bertz CT molecular complexity index is 1060. The number of nitrogens with one attached hydrogen (secondary N) is 1. The number of likely N-dealkylation sites (N-methyl/N-ethyl adjacent to an activating group) is 1. The maximum Gasteiger partial charge on any atom is 0.289 e. The number of nitrogens with zero attached hydrogens (tertiary/aromatic N) is 2. The molecule has 0 fully saturated rings. The van der Waals surface area contributed by atoms with Gasteiger partial charge in [-0.25, -0.2) is 0 Å². The summed E-state index contributed by atoms with van der Waals surface area (Å²) in [7, 11) is 0. The van der Waals surface area contributed by atoms with E-state index in [1.54, 1.807) is 0 Å². The number of nitro benzene ring substituents is 1. The van der Waals surface area contributed by atoms with Crippen LogP contribution in [0.15, 0.2) is 42.5 Å². The summed E-state index contributed by atoms with van der Waals surface area (Å²) in [5.74, 6) is -0.898. The molecular formula is C22H23N3O4. The molecule has 0 aliphatic carbocycles. The van der Waals surface area contributed by atoms with Crippen molar-refractivity contribution in [2.24, 2.45) is 0 Å². The molecule has 0 unspecified atom stereocenters. The SMILES string of the molecule is CCNC(=O)[C@H]1[C@H](c2cc([N+](=O)[O-])ccc2[O-])CC2=[N+]1c1ccccc1C2(C)C. The molecule has 1 amide bonds. The van der Waals surface area contributed by atoms with E-state index < -0.39 is 16.9 Å². The maximum atomic E-state index is 13.1. The summed E-state index contributed by atoms with van der Waals surface area (Å²) in [6, 6.07) is 11.1. The van der Waals surface area contributed by atoms with Gasteiger partial charge in [-0.2, -0.15) is 4.58 Å². The number of rotatable bonds is 4. The topological polar surface area (TPSA) is 98.3 Å². The lowest BCUT2D eigenvalue weighted by Gasteiger charge is -2.24. The predicted molar refractivity (Wildman–Crippen MR) is 107 cm³/mol. The van der Waals surface area contributed by atoms with Crippen LogP contribution in [0.1, 0.15) is 44.2 Å². The summed E-state index contributed by atoms with van der Waals surface area (Å²) < 4.78 is 2.04. The minimum atomic E-state index is -0.623. The molecule has 0 aromatic heterocycles. The molecule has 0 saturated heterocycles. The van der Waals surface area contributed by atoms with Crippen molar-refractivity contribution in [3.63, 3.8) is 0 Å². The third kappa shape index (κ3) is 2.80. The first-order valence-corrected chi connectivity index (χ1v) is 9.75. The van der Waals surface area contributed by atoms with Gasteiger partial charge in [-0.15, -0.1) is 5.75 Å². The molecule has 150 valence electrons. The van der Waals surface area contributed by atoms with Crippen molar-refractivity contribution < 1.29 is 19.4 Å². The first-order valence-electron chi connectivity index (χ1n) is 9.75. The number of benzene rings is 2. The fourth-order valence-electron chi connectivity index (χ4n) is 4.78. The Labute approximate surface area is 168 Å². The van der Waals surface area contributed by atoms with E-state index in [1.165, 1.54) is 18.2 Å². The molecule has 0 saturated carbocycles. The summed E-state index contributed by atoms with van der Waals surface area (Å²) in [5.41, 5.74) is 3.07. The Balaban J connectivity index is 1.88. The van der Waals surface area contributed by atoms with Crippen molar-refractivity contribution >= 4 is 23.0 Å². The molecule has 7 nitrogen and oxygen atoms in total. The zero-order valence-electron chi connectivity index (χ0n) is 16.6. The standard InChI is InChI=1S/C22H23N3O4/c1-4-23-21(27)20-15(14-11-13(25(28)29)9-10-18(14)26)12-19-22(2,3)16-7-5-6-8-17(16)24(19)20/h5-11,15,20H,4,12H2,1-3H3,(H-,23,26,27)/t15-,20+/m0/s1. The second kappa shape index (κ2) is 6.69. The Morgan fingerprint density at radius 1 is 1.28 bits per heavy atom. The van der Waals surface area contributed by atoms with Crippen LogP contribution in [0.2, 0.25) is 0 Å². The second-order valence-electron chi connectivity index (χ2n) is 8.09. The maximum absolute atomic E-state index is 13.1. The van der Waals surface area contributed by atoms with Crippen LogP contribution in [0, 0.1) is 10.1 Å². The minimum absolute atomic E-state index is 0.133. The number of fused-ring (bicyclic) bond motifs is 2. The lowest BCUT2D eigenvalue weighted by atomic mass is 9.76. The Hall–Kier alpha value is -3.22. The molecular weight excluding hydrogens is 370 g/mol. The van der Waals surface area contributed by atoms with Crippen LogP contribution in [0.5, 0.6) is 5.75 Å². The number of non-ortho nitro benzene ring substituents is 1. The van der Waals surface area contributed by atoms with Crippen LogP contribution in [0.25, 0.3) is 0 Å². The van der Waals surface area contributed by atoms with E-state index >= 15 is 0 Å². The van der Waals surface area contributed by atoms with Gasteiger partial charge in [0.05, 0.1) is 16.3 Å². The minimum Gasteiger partial charge on any atom is -0.872 e. The molecule has 2 aromatic rings. The Kier molecular flexibility index (Phi) is 4.41. The van der Waals surface area contributed by atoms with Crippen molar-refractivity contribution in [2.45, 2.75) is 44.6 Å². The Morgan fingerprint density at radius 2 is 2.00 bits per heavy atom. The van der Waals surface area contributed by atoms with Crippen LogP contribution in [0.3, 0.4) is 0 Å². The van der Waals surface area contributed by atoms with E-state index in [4.69, 9.17) is 0 Å². The highest BCUT2D eigenvalue weighted by Crippen LogP contribution is 2.50. The fraction of sp³-hybridized carbons (Fsp3) is 0.364. The van der Waals surface area contributed by atoms with Crippen LogP contribution in [-0.2, 0) is 10.2 Å². The van der Waals surface area contributed by atoms with Crippen molar-refractivity contribution in [3.8, 4) is 5.75 Å². The van der Waals surface area contributed by atoms with Gasteiger partial charge in [0.2, 0.25) is 11.7 Å². The smallest absolute Gasteiger partial charge is 0.289 e. The molecule has 4 rings (SSSR count). The summed E-state index contributed by atoms with van der Waals surface area (Å²) in [4.78, 5) is 23.9. The number of hydrogen-bond acceptors (Lipinski definition) is 4. The quantitative estimate of drug-likeness (QED) is 0.490. The van der Waals surface area contributed by atoms with Gasteiger partial charge in [0, 0.05) is 36.7 Å². The molecule has 2 aliphatic heterocycles. The molecule has 7 heteroatoms. The van der Waals surface area contributed by atoms with Gasteiger partial charge < -0.3 is 10.4 Å². The normalized spacial score (nSPS) is 21.6. The average molecular weight is 393 g/mol. The van der Waals surface area contributed by atoms with Crippen molar-refractivity contribution in [1.29, 1.82) is 0 Å². The molecule has 0 radical (unpaired) electrons. The van der Waals surface area contributed by atoms with Gasteiger partial charge >= 0.3 is 0 Å². The highest BCUT2D eigenvalue weighted by atomic mass is 16.6. The van der Waals surface area contributed by atoms with E-state index in [2.05, 4.69) is 25.2 Å². The zero-order valence-corrected chi connectivity index (χ0v) is 16.6. The molecule has 0 spiro atoms. The van der Waals surface area contributed by atoms with E-state index in [0.29, 0.717) is 18.5 Å². The average Bonchev–Trinajstić information content (AvgIpc) is 3.18. The molecule has 2 atom stereocenters. The molecule has 2 aromatic carbocycles. The number of para-hydroxylation sites is 1. The molecule has 29 heavy (non-hydrogen) atoms. The summed E-state index contributed by atoms with van der Waals surface area (Å²) >= 11 is 0. The molecule has 2 aliphatic rings. The van der Waals surface area contributed by atoms with E-state index in [-0.39, 0.29) is 22.8 Å². The summed E-state index contributed by atoms with van der Waals surface area (Å²) in [5, 5.41) is 26.8. The van der Waals surface area contributed by atoms with E-state index in [0.717, 1.165) is 17.0 Å². The lowest BCUT2D eigenvalue weighted by Crippen LogP contribution is -2.41. The first-order chi connectivity index (χ1) is 13.8. The molecule has 2 heterocycles. The number of amides is 1. The molecule has 0 bridgehead atoms. The van der Waals surface area contributed by atoms with Gasteiger partial charge in [-0.1, -0.05) is 24.3 Å². The number of nitro groups is 1. The largest absolute Gasteiger partial charge is 0.872 e. The number of hydrogen-bond donors (Lipinski definition) is 1. The number of carbonyl (C=O) groups is 1. The zero-order chi connectivity index (χ0) is 20.9. The van der Waals surface area contributed by atoms with Crippen molar-refractivity contribution in [2.75, 3.05) is 6.54 Å². The van der Waals surface area contributed by atoms with Gasteiger partial charge in [0.1, 0.15) is 0 Å². The van der Waals surface area contributed by atoms with Crippen LogP contribution in [0.4, 0.5) is 11.4 Å². The van der Waals surface area contributed by atoms with Gasteiger partial charge in [0.25, 0.3) is 11.6 Å². The van der Waals surface area contributed by atoms with Crippen molar-refractivity contribution in [3.05, 3.63) is 63.7 Å². The Morgan fingerprint density at radius 3 is 2.69 bits per heavy atom. The third-order valence-corrected chi connectivity index (χ3v) is 6.15. The fourth-order valence-corrected chi connectivity index (χ4v) is 4.78. The molecule has 1 N–H and O–H groups in total. The lowest BCUT2D eigenvalue weighted by molar-refractivity contribution is -0.462. The van der Waals surface area contributed by atoms with Gasteiger partial charge in [-0.05, 0) is 26.3 Å². The summed E-state index contributed by atoms with van der Waals surface area (Å²) in [6.45, 7) is 6.55. The summed E-state index contributed by atoms with van der Waals surface area (Å²) in [6.07, 6.45) is 0.500. The van der Waals surface area contributed by atoms with Gasteiger partial charge in [0.15, 0.2) is 5.71 Å². The monoisotopic (exact) mass is 393 g/mol. The first kappa shape index (κ1) is 19.1. The van der Waals surface area contributed by atoms with Crippen LogP contribution >= 0.6 is 0 Å². The highest BCUT2D eigenvalue weighted by Gasteiger charge is 2.58. The van der Waals surface area contributed by atoms with E-state index in [1.807, 2.05) is 29.7 Å². The number of carbonyl (C=O) groups excluding carboxylic acids is 1. The van der Waals surface area contributed by atoms with E-state index in [9.17, 15) is 20.0 Å².